The van der Waals surface area contributed by atoms with Gasteiger partial charge in [-0.2, -0.15) is 0 Å². The first kappa shape index (κ1) is 16.1. The Kier molecular flexibility index (Phi) is 11.1. The van der Waals surface area contributed by atoms with E-state index in [0.717, 1.165) is 12.5 Å². The fraction of sp³-hybridized carbons (Fsp3) is 1.00. The summed E-state index contributed by atoms with van der Waals surface area (Å²) in [4.78, 5) is 0. The molecule has 0 aliphatic rings. The van der Waals surface area contributed by atoms with E-state index in [4.69, 9.17) is 13.3 Å². The van der Waals surface area contributed by atoms with Gasteiger partial charge in [-0.15, -0.1) is 0 Å². The molecule has 0 fully saturated rings. The summed E-state index contributed by atoms with van der Waals surface area (Å²) in [7, 11) is -2.33. The number of hydrogen-bond acceptors (Lipinski definition) is 3. The van der Waals surface area contributed by atoms with Crippen LogP contribution < -0.4 is 0 Å². The van der Waals surface area contributed by atoms with Crippen LogP contribution in [-0.2, 0) is 13.3 Å². The molecule has 0 unspecified atom stereocenters. The maximum absolute atomic E-state index is 5.75. The molecule has 0 spiro atoms. The minimum absolute atomic E-state index is 0.378. The average molecular weight is 364 g/mol. The van der Waals surface area contributed by atoms with Gasteiger partial charge in [-0.3, -0.25) is 0 Å². The normalized spacial score (nSPS) is 11.9. The van der Waals surface area contributed by atoms with Gasteiger partial charge in [-0.1, -0.05) is 0 Å². The third-order valence-electron chi connectivity index (χ3n) is 1.83. The Morgan fingerprint density at radius 1 is 1.00 bits per heavy atom. The summed E-state index contributed by atoms with van der Waals surface area (Å²) >= 11 is 3.49. The van der Waals surface area contributed by atoms with Gasteiger partial charge in [0.2, 0.25) is 0 Å². The van der Waals surface area contributed by atoms with Crippen molar-refractivity contribution in [2.75, 3.05) is 19.8 Å². The third-order valence-corrected chi connectivity index (χ3v) is 8.01. The fourth-order valence-electron chi connectivity index (χ4n) is 1.36. The molecule has 0 aromatic heterocycles. The van der Waals surface area contributed by atoms with Crippen LogP contribution in [0.4, 0.5) is 0 Å². The van der Waals surface area contributed by atoms with Gasteiger partial charge in [0, 0.05) is 0 Å². The molecule has 0 aliphatic carbocycles. The molecule has 0 heterocycles. The first-order chi connectivity index (χ1) is 7.24. The Labute approximate surface area is 106 Å². The average Bonchev–Trinajstić information content (AvgIpc) is 2.19. The van der Waals surface area contributed by atoms with Gasteiger partial charge in [0.1, 0.15) is 0 Å². The van der Waals surface area contributed by atoms with Crippen molar-refractivity contribution >= 4 is 35.1 Å². The Hall–Kier alpha value is 1.14. The molecule has 3 nitrogen and oxygen atoms in total. The summed E-state index contributed by atoms with van der Waals surface area (Å²) < 4.78 is 17.3. The maximum atomic E-state index is 5.75. The van der Waals surface area contributed by atoms with Gasteiger partial charge in [0.15, 0.2) is 0 Å². The second-order valence-electron chi connectivity index (χ2n) is 2.94. The van der Waals surface area contributed by atoms with E-state index in [1.807, 2.05) is 20.8 Å². The fourth-order valence-corrected chi connectivity index (χ4v) is 6.63. The Morgan fingerprint density at radius 3 is 1.80 bits per heavy atom. The molecule has 92 valence electrons. The standard InChI is InChI=1S/C9H22O3Se2Si/c1-4-10-15(11-5-2,12-6-3)9-7-8-14-13/h14H,4-9H2,1-3H3. The van der Waals surface area contributed by atoms with Crippen LogP contribution in [0.5, 0.6) is 0 Å². The van der Waals surface area contributed by atoms with E-state index in [1.165, 1.54) is 5.32 Å². The molecule has 0 radical (unpaired) electrons. The summed E-state index contributed by atoms with van der Waals surface area (Å²) in [5, 5.41) is 1.26. The van der Waals surface area contributed by atoms with Crippen molar-refractivity contribution in [3.05, 3.63) is 0 Å². The molecule has 0 bridgehead atoms. The van der Waals surface area contributed by atoms with E-state index in [0.29, 0.717) is 32.4 Å². The number of rotatable bonds is 10. The predicted octanol–water partition coefficient (Wildman–Crippen LogP) is 1.36. The Morgan fingerprint density at radius 2 is 1.47 bits per heavy atom. The van der Waals surface area contributed by atoms with Crippen LogP contribution in [0.2, 0.25) is 11.4 Å². The Bertz CT molecular complexity index is 152. The van der Waals surface area contributed by atoms with Gasteiger partial charge in [-0.05, 0) is 0 Å². The Balaban J connectivity index is 4.24. The van der Waals surface area contributed by atoms with Gasteiger partial charge in [-0.25, -0.2) is 0 Å². The van der Waals surface area contributed by atoms with E-state index >= 15 is 0 Å². The SMILES string of the molecule is CCO[Si](CCC[SeH]=[Se])(OCC)OCC. The van der Waals surface area contributed by atoms with Crippen molar-refractivity contribution in [1.29, 1.82) is 0 Å². The van der Waals surface area contributed by atoms with Gasteiger partial charge < -0.3 is 0 Å². The van der Waals surface area contributed by atoms with Gasteiger partial charge in [0.25, 0.3) is 0 Å². The first-order valence-corrected chi connectivity index (χ1v) is 13.5. The summed E-state index contributed by atoms with van der Waals surface area (Å²) in [5.41, 5.74) is 0. The molecular formula is C9H22O3Se2Si. The van der Waals surface area contributed by atoms with Crippen molar-refractivity contribution < 1.29 is 13.3 Å². The van der Waals surface area contributed by atoms with Crippen LogP contribution in [-0.4, -0.2) is 54.9 Å². The topological polar surface area (TPSA) is 27.7 Å². The summed E-state index contributed by atoms with van der Waals surface area (Å²) in [5.74, 6) is 0. The van der Waals surface area contributed by atoms with Crippen LogP contribution in [0, 0.1) is 0 Å². The van der Waals surface area contributed by atoms with E-state index in [9.17, 15) is 0 Å². The summed E-state index contributed by atoms with van der Waals surface area (Å²) in [6.45, 7) is 8.03. The van der Waals surface area contributed by atoms with Crippen LogP contribution in [0.1, 0.15) is 27.2 Å². The number of hydrogen-bond donors (Lipinski definition) is 0. The third kappa shape index (κ3) is 7.13. The van der Waals surface area contributed by atoms with E-state index in [-0.39, 0.29) is 0 Å². The van der Waals surface area contributed by atoms with E-state index in [1.54, 1.807) is 0 Å². The van der Waals surface area contributed by atoms with Crippen LogP contribution >= 0.6 is 0 Å². The molecule has 0 saturated carbocycles. The van der Waals surface area contributed by atoms with Crippen molar-refractivity contribution in [3.8, 4) is 0 Å². The molecule has 0 aromatic rings. The minimum atomic E-state index is -2.33. The quantitative estimate of drug-likeness (QED) is 0.433. The molecule has 6 heteroatoms. The molecule has 0 aromatic carbocycles. The second-order valence-corrected chi connectivity index (χ2v) is 9.97. The molecule has 0 saturated heterocycles. The van der Waals surface area contributed by atoms with Crippen LogP contribution in [0.3, 0.4) is 0 Å². The molecule has 0 rings (SSSR count). The predicted molar refractivity (Wildman–Crippen MR) is 67.8 cm³/mol. The zero-order chi connectivity index (χ0) is 11.6. The molecule has 0 N–H and O–H groups in total. The zero-order valence-electron chi connectivity index (χ0n) is 9.82. The first-order valence-electron chi connectivity index (χ1n) is 5.45. The molecule has 15 heavy (non-hydrogen) atoms. The van der Waals surface area contributed by atoms with Gasteiger partial charge >= 0.3 is 107 Å². The molecule has 0 atom stereocenters. The van der Waals surface area contributed by atoms with Crippen molar-refractivity contribution in [3.63, 3.8) is 0 Å². The van der Waals surface area contributed by atoms with E-state index < -0.39 is 8.80 Å². The van der Waals surface area contributed by atoms with Crippen molar-refractivity contribution in [1.82, 2.24) is 0 Å². The van der Waals surface area contributed by atoms with E-state index in [2.05, 4.69) is 13.7 Å². The second kappa shape index (κ2) is 10.3. The molecule has 0 amide bonds. The summed E-state index contributed by atoms with van der Waals surface area (Å²) in [6, 6.07) is 0.958. The van der Waals surface area contributed by atoms with Crippen LogP contribution in [0.25, 0.3) is 0 Å². The molecular weight excluding hydrogens is 342 g/mol. The molecule has 0 aliphatic heterocycles. The van der Waals surface area contributed by atoms with Crippen molar-refractivity contribution in [2.45, 2.75) is 38.6 Å². The zero-order valence-corrected chi connectivity index (χ0v) is 14.4. The summed E-state index contributed by atoms with van der Waals surface area (Å²) in [6.07, 6.45) is 1.15. The van der Waals surface area contributed by atoms with Gasteiger partial charge in [0.05, 0.1) is 0 Å². The monoisotopic (exact) mass is 366 g/mol. The van der Waals surface area contributed by atoms with Crippen LogP contribution in [0.15, 0.2) is 0 Å². The van der Waals surface area contributed by atoms with Crippen molar-refractivity contribution in [2.24, 2.45) is 0 Å².